The molecule has 0 bridgehead atoms. The van der Waals surface area contributed by atoms with Crippen LogP contribution in [0.1, 0.15) is 5.69 Å². The molecule has 102 valence electrons. The first-order chi connectivity index (χ1) is 9.66. The lowest BCUT2D eigenvalue weighted by atomic mass is 10.2. The van der Waals surface area contributed by atoms with Crippen molar-refractivity contribution in [3.63, 3.8) is 0 Å². The third-order valence-electron chi connectivity index (χ3n) is 3.12. The molecule has 0 saturated carbocycles. The van der Waals surface area contributed by atoms with Crippen molar-refractivity contribution in [1.82, 2.24) is 4.98 Å². The molecule has 0 aliphatic heterocycles. The molecule has 0 unspecified atom stereocenters. The number of aromatic nitrogens is 1. The molecule has 0 radical (unpaired) electrons. The molecular formula is C15H11ClF2N2. The average Bonchev–Trinajstić information content (AvgIpc) is 2.76. The summed E-state index contributed by atoms with van der Waals surface area (Å²) in [4.78, 5) is 3.13. The predicted octanol–water partition coefficient (Wildman–Crippen LogP) is 4.71. The molecule has 20 heavy (non-hydrogen) atoms. The molecule has 0 saturated heterocycles. The van der Waals surface area contributed by atoms with Gasteiger partial charge >= 0.3 is 0 Å². The van der Waals surface area contributed by atoms with Crippen LogP contribution in [0.25, 0.3) is 10.9 Å². The van der Waals surface area contributed by atoms with E-state index in [9.17, 15) is 8.78 Å². The van der Waals surface area contributed by atoms with Crippen molar-refractivity contribution in [3.8, 4) is 0 Å². The zero-order chi connectivity index (χ0) is 14.1. The predicted molar refractivity (Wildman–Crippen MR) is 77.0 cm³/mol. The van der Waals surface area contributed by atoms with Crippen LogP contribution in [0.3, 0.4) is 0 Å². The number of aromatic amines is 1. The van der Waals surface area contributed by atoms with E-state index < -0.39 is 11.6 Å². The standard InChI is InChI=1S/C15H11ClF2N2/c16-14-9-4-1-2-7-12(9)20-13(14)8-19-15-10(17)5-3-6-11(15)18/h1-7,19-20H,8H2. The molecule has 5 heteroatoms. The molecule has 2 aromatic carbocycles. The Morgan fingerprint density at radius 3 is 2.40 bits per heavy atom. The first-order valence-corrected chi connectivity index (χ1v) is 6.47. The van der Waals surface area contributed by atoms with Gasteiger partial charge in [0.2, 0.25) is 0 Å². The van der Waals surface area contributed by atoms with Crippen LogP contribution >= 0.6 is 11.6 Å². The van der Waals surface area contributed by atoms with Crippen LogP contribution in [0.4, 0.5) is 14.5 Å². The van der Waals surface area contributed by atoms with Crippen molar-refractivity contribution in [2.24, 2.45) is 0 Å². The molecule has 0 aliphatic carbocycles. The summed E-state index contributed by atoms with van der Waals surface area (Å²) in [6, 6.07) is 11.3. The van der Waals surface area contributed by atoms with Crippen LogP contribution in [-0.4, -0.2) is 4.98 Å². The second-order valence-electron chi connectivity index (χ2n) is 4.41. The molecule has 0 atom stereocenters. The molecule has 0 spiro atoms. The molecule has 3 aromatic rings. The number of hydrogen-bond donors (Lipinski definition) is 2. The molecule has 1 aromatic heterocycles. The summed E-state index contributed by atoms with van der Waals surface area (Å²) in [6.45, 7) is 0.214. The molecule has 2 nitrogen and oxygen atoms in total. The van der Waals surface area contributed by atoms with E-state index in [1.165, 1.54) is 18.2 Å². The SMILES string of the molecule is Fc1cccc(F)c1NCc1[nH]c2ccccc2c1Cl. The maximum absolute atomic E-state index is 13.5. The van der Waals surface area contributed by atoms with Crippen LogP contribution in [0, 0.1) is 11.6 Å². The average molecular weight is 293 g/mol. The number of hydrogen-bond acceptors (Lipinski definition) is 1. The van der Waals surface area contributed by atoms with E-state index in [0.29, 0.717) is 10.7 Å². The van der Waals surface area contributed by atoms with Crippen molar-refractivity contribution in [2.45, 2.75) is 6.54 Å². The van der Waals surface area contributed by atoms with Gasteiger partial charge in [-0.3, -0.25) is 0 Å². The Kier molecular flexibility index (Phi) is 3.32. The van der Waals surface area contributed by atoms with Gasteiger partial charge in [0, 0.05) is 10.9 Å². The third-order valence-corrected chi connectivity index (χ3v) is 3.55. The molecule has 0 amide bonds. The van der Waals surface area contributed by atoms with Crippen molar-refractivity contribution >= 4 is 28.2 Å². The Bertz CT molecular complexity index is 747. The summed E-state index contributed by atoms with van der Waals surface area (Å²) in [5, 5.41) is 4.18. The summed E-state index contributed by atoms with van der Waals surface area (Å²) < 4.78 is 27.0. The van der Waals surface area contributed by atoms with Gasteiger partial charge < -0.3 is 10.3 Å². The largest absolute Gasteiger partial charge is 0.375 e. The summed E-state index contributed by atoms with van der Waals surface area (Å²) in [7, 11) is 0. The van der Waals surface area contributed by atoms with Gasteiger partial charge in [0.25, 0.3) is 0 Å². The number of para-hydroxylation sites is 2. The van der Waals surface area contributed by atoms with Gasteiger partial charge in [-0.25, -0.2) is 8.78 Å². The maximum Gasteiger partial charge on any atom is 0.149 e. The lowest BCUT2D eigenvalue weighted by Gasteiger charge is -2.07. The Hall–Kier alpha value is -2.07. The normalized spacial score (nSPS) is 10.9. The van der Waals surface area contributed by atoms with Crippen molar-refractivity contribution < 1.29 is 8.78 Å². The first kappa shape index (κ1) is 12.9. The number of rotatable bonds is 3. The van der Waals surface area contributed by atoms with Gasteiger partial charge in [0.1, 0.15) is 17.3 Å². The first-order valence-electron chi connectivity index (χ1n) is 6.10. The van der Waals surface area contributed by atoms with E-state index in [2.05, 4.69) is 10.3 Å². The fraction of sp³-hybridized carbons (Fsp3) is 0.0667. The Morgan fingerprint density at radius 1 is 1.00 bits per heavy atom. The second kappa shape index (κ2) is 5.13. The zero-order valence-corrected chi connectivity index (χ0v) is 11.1. The van der Waals surface area contributed by atoms with E-state index >= 15 is 0 Å². The number of anilines is 1. The Balaban J connectivity index is 1.89. The summed E-state index contributed by atoms with van der Waals surface area (Å²) in [6.07, 6.45) is 0. The van der Waals surface area contributed by atoms with Crippen LogP contribution < -0.4 is 5.32 Å². The van der Waals surface area contributed by atoms with Crippen molar-refractivity contribution in [3.05, 3.63) is 64.8 Å². The smallest absolute Gasteiger partial charge is 0.149 e. The minimum atomic E-state index is -0.628. The van der Waals surface area contributed by atoms with Gasteiger partial charge in [-0.15, -0.1) is 0 Å². The fourth-order valence-electron chi connectivity index (χ4n) is 2.13. The number of fused-ring (bicyclic) bond motifs is 1. The molecule has 1 heterocycles. The number of H-pyrrole nitrogens is 1. The highest BCUT2D eigenvalue weighted by atomic mass is 35.5. The molecular weight excluding hydrogens is 282 g/mol. The number of halogens is 3. The maximum atomic E-state index is 13.5. The molecule has 3 rings (SSSR count). The monoisotopic (exact) mass is 292 g/mol. The summed E-state index contributed by atoms with van der Waals surface area (Å²) in [5.74, 6) is -1.26. The Labute approximate surface area is 119 Å². The van der Waals surface area contributed by atoms with Crippen molar-refractivity contribution in [1.29, 1.82) is 0 Å². The van der Waals surface area contributed by atoms with Gasteiger partial charge in [0.05, 0.1) is 17.3 Å². The van der Waals surface area contributed by atoms with Crippen LogP contribution in [0.2, 0.25) is 5.02 Å². The van der Waals surface area contributed by atoms with Crippen LogP contribution in [0.5, 0.6) is 0 Å². The van der Waals surface area contributed by atoms with Gasteiger partial charge in [0.15, 0.2) is 0 Å². The molecule has 2 N–H and O–H groups in total. The highest BCUT2D eigenvalue weighted by molar-refractivity contribution is 6.36. The lowest BCUT2D eigenvalue weighted by Crippen LogP contribution is -2.04. The van der Waals surface area contributed by atoms with Crippen LogP contribution in [0.15, 0.2) is 42.5 Å². The second-order valence-corrected chi connectivity index (χ2v) is 4.79. The lowest BCUT2D eigenvalue weighted by molar-refractivity contribution is 0.588. The van der Waals surface area contributed by atoms with Crippen LogP contribution in [-0.2, 0) is 6.54 Å². The van der Waals surface area contributed by atoms with Crippen molar-refractivity contribution in [2.75, 3.05) is 5.32 Å². The summed E-state index contributed by atoms with van der Waals surface area (Å²) in [5.41, 5.74) is 1.43. The summed E-state index contributed by atoms with van der Waals surface area (Å²) >= 11 is 6.24. The topological polar surface area (TPSA) is 27.8 Å². The third kappa shape index (κ3) is 2.23. The van der Waals surface area contributed by atoms with E-state index in [0.717, 1.165) is 10.9 Å². The molecule has 0 fully saturated rings. The highest BCUT2D eigenvalue weighted by Gasteiger charge is 2.11. The quantitative estimate of drug-likeness (QED) is 0.719. The van der Waals surface area contributed by atoms with E-state index in [-0.39, 0.29) is 12.2 Å². The Morgan fingerprint density at radius 2 is 1.70 bits per heavy atom. The highest BCUT2D eigenvalue weighted by Crippen LogP contribution is 2.28. The van der Waals surface area contributed by atoms with E-state index in [1.807, 2.05) is 24.3 Å². The van der Waals surface area contributed by atoms with Gasteiger partial charge in [-0.2, -0.15) is 0 Å². The molecule has 0 aliphatic rings. The number of nitrogens with one attached hydrogen (secondary N) is 2. The minimum Gasteiger partial charge on any atom is -0.375 e. The van der Waals surface area contributed by atoms with Gasteiger partial charge in [-0.1, -0.05) is 35.9 Å². The van der Waals surface area contributed by atoms with E-state index in [1.54, 1.807) is 0 Å². The number of benzene rings is 2. The van der Waals surface area contributed by atoms with Gasteiger partial charge in [-0.05, 0) is 18.2 Å². The zero-order valence-electron chi connectivity index (χ0n) is 10.4. The fourth-order valence-corrected chi connectivity index (χ4v) is 2.41. The van der Waals surface area contributed by atoms with E-state index in [4.69, 9.17) is 11.6 Å². The minimum absolute atomic E-state index is 0.151.